The first kappa shape index (κ1) is 17.8. The average molecular weight is 416 g/mol. The highest BCUT2D eigenvalue weighted by Gasteiger charge is 2.10. The Balaban J connectivity index is 1.81. The van der Waals surface area contributed by atoms with Crippen LogP contribution in [-0.4, -0.2) is 24.9 Å². The van der Waals surface area contributed by atoms with Crippen LogP contribution in [0.4, 0.5) is 0 Å². The number of hydrogen-bond donors (Lipinski definition) is 2. The van der Waals surface area contributed by atoms with Crippen molar-refractivity contribution < 1.29 is 9.59 Å². The molecule has 0 aliphatic carbocycles. The van der Waals surface area contributed by atoms with Gasteiger partial charge in [0.2, 0.25) is 0 Å². The van der Waals surface area contributed by atoms with Gasteiger partial charge in [-0.15, -0.1) is 0 Å². The molecule has 2 amide bonds. The fraction of sp³-hybridized carbons (Fsp3) is 0.125. The number of hydrogen-bond acceptors (Lipinski definition) is 2. The zero-order valence-corrected chi connectivity index (χ0v) is 15.0. The standard InChI is InChI=1S/C16H13BrCl2N2O2/c17-11-3-1-10(2-4-11)15(22)20-7-8-21-16(23)13-9-12(18)5-6-14(13)19/h1-6,9H,7-8H2,(H,20,22)(H,21,23). The highest BCUT2D eigenvalue weighted by atomic mass is 79.9. The molecule has 0 heterocycles. The van der Waals surface area contributed by atoms with Crippen LogP contribution in [0.3, 0.4) is 0 Å². The zero-order valence-electron chi connectivity index (χ0n) is 11.9. The van der Waals surface area contributed by atoms with Gasteiger partial charge >= 0.3 is 0 Å². The predicted octanol–water partition coefficient (Wildman–Crippen LogP) is 3.92. The van der Waals surface area contributed by atoms with Gasteiger partial charge in [0, 0.05) is 28.1 Å². The molecule has 0 aliphatic heterocycles. The molecule has 4 nitrogen and oxygen atoms in total. The predicted molar refractivity (Wildman–Crippen MR) is 95.3 cm³/mol. The van der Waals surface area contributed by atoms with Crippen LogP contribution in [0, 0.1) is 0 Å². The van der Waals surface area contributed by atoms with E-state index in [0.29, 0.717) is 27.7 Å². The number of amides is 2. The summed E-state index contributed by atoms with van der Waals surface area (Å²) >= 11 is 15.1. The van der Waals surface area contributed by atoms with Crippen molar-refractivity contribution in [3.05, 3.63) is 68.1 Å². The molecule has 0 aliphatic rings. The summed E-state index contributed by atoms with van der Waals surface area (Å²) in [5.41, 5.74) is 0.857. The molecule has 2 N–H and O–H groups in total. The van der Waals surface area contributed by atoms with Gasteiger partial charge in [-0.05, 0) is 42.5 Å². The van der Waals surface area contributed by atoms with Crippen molar-refractivity contribution >= 4 is 50.9 Å². The lowest BCUT2D eigenvalue weighted by Gasteiger charge is -2.08. The van der Waals surface area contributed by atoms with E-state index in [1.807, 2.05) is 0 Å². The highest BCUT2D eigenvalue weighted by molar-refractivity contribution is 9.10. The van der Waals surface area contributed by atoms with Crippen molar-refractivity contribution in [1.29, 1.82) is 0 Å². The molecule has 2 aromatic carbocycles. The largest absolute Gasteiger partial charge is 0.350 e. The number of halogens is 3. The van der Waals surface area contributed by atoms with E-state index in [1.165, 1.54) is 6.07 Å². The minimum Gasteiger partial charge on any atom is -0.350 e. The van der Waals surface area contributed by atoms with E-state index in [0.717, 1.165) is 4.47 Å². The van der Waals surface area contributed by atoms with Crippen molar-refractivity contribution in [2.45, 2.75) is 0 Å². The van der Waals surface area contributed by atoms with Crippen molar-refractivity contribution in [2.24, 2.45) is 0 Å². The Morgan fingerprint density at radius 2 is 1.52 bits per heavy atom. The maximum atomic E-state index is 12.0. The molecule has 2 rings (SSSR count). The van der Waals surface area contributed by atoms with Crippen LogP contribution in [0.1, 0.15) is 20.7 Å². The van der Waals surface area contributed by atoms with Crippen molar-refractivity contribution in [3.63, 3.8) is 0 Å². The summed E-state index contributed by atoms with van der Waals surface area (Å²) in [6.45, 7) is 0.586. The van der Waals surface area contributed by atoms with E-state index in [4.69, 9.17) is 23.2 Å². The molecule has 0 bridgehead atoms. The van der Waals surface area contributed by atoms with Gasteiger partial charge in [0.15, 0.2) is 0 Å². The Morgan fingerprint density at radius 1 is 0.913 bits per heavy atom. The molecule has 0 aromatic heterocycles. The van der Waals surface area contributed by atoms with E-state index >= 15 is 0 Å². The molecule has 0 saturated heterocycles. The molecule has 2 aromatic rings. The second-order valence-electron chi connectivity index (χ2n) is 4.64. The molecule has 0 radical (unpaired) electrons. The van der Waals surface area contributed by atoms with Crippen LogP contribution in [-0.2, 0) is 0 Å². The Bertz CT molecular complexity index is 721. The SMILES string of the molecule is O=C(NCCNC(=O)c1cc(Cl)ccc1Cl)c1ccc(Br)cc1. The molecular weight excluding hydrogens is 403 g/mol. The van der Waals surface area contributed by atoms with Gasteiger partial charge in [0.25, 0.3) is 11.8 Å². The van der Waals surface area contributed by atoms with E-state index in [1.54, 1.807) is 36.4 Å². The molecular formula is C16H13BrCl2N2O2. The van der Waals surface area contributed by atoms with Crippen molar-refractivity contribution in [1.82, 2.24) is 10.6 Å². The van der Waals surface area contributed by atoms with E-state index < -0.39 is 0 Å². The van der Waals surface area contributed by atoms with Gasteiger partial charge in [0.1, 0.15) is 0 Å². The molecule has 7 heteroatoms. The Kier molecular flexibility index (Phi) is 6.45. The van der Waals surface area contributed by atoms with Gasteiger partial charge < -0.3 is 10.6 Å². The van der Waals surface area contributed by atoms with E-state index in [2.05, 4.69) is 26.6 Å². The summed E-state index contributed by atoms with van der Waals surface area (Å²) in [7, 11) is 0. The average Bonchev–Trinajstić information content (AvgIpc) is 2.54. The molecule has 0 atom stereocenters. The number of rotatable bonds is 5. The quantitative estimate of drug-likeness (QED) is 0.727. The van der Waals surface area contributed by atoms with Gasteiger partial charge in [-0.1, -0.05) is 39.1 Å². The molecule has 0 saturated carbocycles. The first-order chi connectivity index (χ1) is 11.0. The fourth-order valence-electron chi connectivity index (χ4n) is 1.82. The molecule has 0 spiro atoms. The van der Waals surface area contributed by atoms with Crippen LogP contribution >= 0.6 is 39.1 Å². The maximum absolute atomic E-state index is 12.0. The maximum Gasteiger partial charge on any atom is 0.252 e. The van der Waals surface area contributed by atoms with Crippen LogP contribution < -0.4 is 10.6 Å². The number of benzene rings is 2. The third kappa shape index (κ3) is 5.23. The Hall–Kier alpha value is -1.56. The Labute approximate surface area is 152 Å². The van der Waals surface area contributed by atoms with Gasteiger partial charge in [0.05, 0.1) is 10.6 Å². The summed E-state index contributed by atoms with van der Waals surface area (Å²) in [5.74, 6) is -0.539. The zero-order chi connectivity index (χ0) is 16.8. The second-order valence-corrected chi connectivity index (χ2v) is 6.40. The second kappa shape index (κ2) is 8.34. The van der Waals surface area contributed by atoms with Gasteiger partial charge in [-0.2, -0.15) is 0 Å². The minimum absolute atomic E-state index is 0.201. The molecule has 120 valence electrons. The summed E-state index contributed by atoms with van der Waals surface area (Å²) in [4.78, 5) is 23.9. The fourth-order valence-corrected chi connectivity index (χ4v) is 2.46. The third-order valence-corrected chi connectivity index (χ3v) is 4.07. The highest BCUT2D eigenvalue weighted by Crippen LogP contribution is 2.20. The lowest BCUT2D eigenvalue weighted by molar-refractivity contribution is 0.0927. The van der Waals surface area contributed by atoms with Gasteiger partial charge in [-0.3, -0.25) is 9.59 Å². The first-order valence-electron chi connectivity index (χ1n) is 6.74. The first-order valence-corrected chi connectivity index (χ1v) is 8.29. The summed E-state index contributed by atoms with van der Waals surface area (Å²) in [5, 5.41) is 6.16. The molecule has 23 heavy (non-hydrogen) atoms. The van der Waals surface area contributed by atoms with Crippen LogP contribution in [0.2, 0.25) is 10.0 Å². The van der Waals surface area contributed by atoms with Crippen molar-refractivity contribution in [2.75, 3.05) is 13.1 Å². The summed E-state index contributed by atoms with van der Waals surface area (Å²) < 4.78 is 0.903. The smallest absolute Gasteiger partial charge is 0.252 e. The summed E-state index contributed by atoms with van der Waals surface area (Å²) in [6.07, 6.45) is 0. The summed E-state index contributed by atoms with van der Waals surface area (Å²) in [6, 6.07) is 11.7. The minimum atomic E-state index is -0.338. The van der Waals surface area contributed by atoms with E-state index in [9.17, 15) is 9.59 Å². The lowest BCUT2D eigenvalue weighted by atomic mass is 10.2. The van der Waals surface area contributed by atoms with Gasteiger partial charge in [-0.25, -0.2) is 0 Å². The number of carbonyl (C=O) groups is 2. The molecule has 0 unspecified atom stereocenters. The number of nitrogens with one attached hydrogen (secondary N) is 2. The van der Waals surface area contributed by atoms with Crippen LogP contribution in [0.15, 0.2) is 46.9 Å². The normalized spacial score (nSPS) is 10.2. The topological polar surface area (TPSA) is 58.2 Å². The van der Waals surface area contributed by atoms with E-state index in [-0.39, 0.29) is 18.4 Å². The Morgan fingerprint density at radius 3 is 2.17 bits per heavy atom. The monoisotopic (exact) mass is 414 g/mol. The van der Waals surface area contributed by atoms with Crippen LogP contribution in [0.25, 0.3) is 0 Å². The number of carbonyl (C=O) groups excluding carboxylic acids is 2. The van der Waals surface area contributed by atoms with Crippen molar-refractivity contribution in [3.8, 4) is 0 Å². The molecule has 0 fully saturated rings. The third-order valence-electron chi connectivity index (χ3n) is 2.98. The lowest BCUT2D eigenvalue weighted by Crippen LogP contribution is -2.34. The van der Waals surface area contributed by atoms with Crippen LogP contribution in [0.5, 0.6) is 0 Å².